The van der Waals surface area contributed by atoms with Gasteiger partial charge in [0.05, 0.1) is 56.9 Å². The largest absolute Gasteiger partial charge is 0.481 e. The summed E-state index contributed by atoms with van der Waals surface area (Å²) in [5, 5.41) is 9.74. The van der Waals surface area contributed by atoms with E-state index < -0.39 is 29.7 Å². The highest BCUT2D eigenvalue weighted by Gasteiger charge is 2.56. The Balaban J connectivity index is 1.31. The molecule has 0 amide bonds. The number of carbonyl (C=O) groups excluding carboxylic acids is 1. The van der Waals surface area contributed by atoms with Crippen molar-refractivity contribution in [3.05, 3.63) is 72.7 Å². The molecule has 1 aliphatic carbocycles. The van der Waals surface area contributed by atoms with Gasteiger partial charge in [-0.15, -0.1) is 0 Å². The molecule has 1 fully saturated rings. The van der Waals surface area contributed by atoms with Crippen molar-refractivity contribution in [2.75, 3.05) is 39.6 Å². The van der Waals surface area contributed by atoms with Crippen molar-refractivity contribution >= 4 is 11.9 Å². The van der Waals surface area contributed by atoms with Gasteiger partial charge in [0, 0.05) is 30.8 Å². The fraction of sp³-hybridized carbons (Fsp3) is 0.433. The molecule has 208 valence electrons. The van der Waals surface area contributed by atoms with E-state index in [1.165, 1.54) is 0 Å². The van der Waals surface area contributed by atoms with Crippen molar-refractivity contribution < 1.29 is 33.6 Å². The number of aromatic nitrogens is 2. The van der Waals surface area contributed by atoms with E-state index in [9.17, 15) is 14.7 Å². The Bertz CT molecular complexity index is 1210. The van der Waals surface area contributed by atoms with Crippen LogP contribution in [0.4, 0.5) is 0 Å². The standard InChI is InChI=1S/C30H36N2O7/c1-3-36-14-15-38-17-16-37-13-12-32-19-25(31-20-32)23-10-7-11-24(18-23)39-30(35)27-21(2)26(29(33)34)28(27)22-8-5-4-6-9-22/h4-11,18-21,26-28H,3,12-17H2,1-2H3,(H,33,34)/t21-,26+,27+,28-/m0/s1. The number of carboxylic acid groups (broad SMARTS) is 1. The fourth-order valence-electron chi connectivity index (χ4n) is 5.07. The van der Waals surface area contributed by atoms with Gasteiger partial charge in [0.15, 0.2) is 0 Å². The van der Waals surface area contributed by atoms with Crippen LogP contribution >= 0.6 is 0 Å². The maximum absolute atomic E-state index is 13.2. The summed E-state index contributed by atoms with van der Waals surface area (Å²) >= 11 is 0. The molecule has 1 aliphatic rings. The molecule has 9 nitrogen and oxygen atoms in total. The minimum absolute atomic E-state index is 0.331. The van der Waals surface area contributed by atoms with Gasteiger partial charge in [-0.05, 0) is 30.5 Å². The maximum Gasteiger partial charge on any atom is 0.315 e. The van der Waals surface area contributed by atoms with Crippen LogP contribution in [0.1, 0.15) is 25.3 Å². The minimum atomic E-state index is -0.894. The third kappa shape index (κ3) is 7.32. The minimum Gasteiger partial charge on any atom is -0.481 e. The number of rotatable bonds is 15. The van der Waals surface area contributed by atoms with Gasteiger partial charge < -0.3 is 28.6 Å². The first kappa shape index (κ1) is 28.5. The molecule has 0 saturated heterocycles. The molecule has 1 heterocycles. The average Bonchev–Trinajstić information content (AvgIpc) is 3.40. The molecule has 0 unspecified atom stereocenters. The predicted molar refractivity (Wildman–Crippen MR) is 144 cm³/mol. The lowest BCUT2D eigenvalue weighted by Gasteiger charge is -2.47. The van der Waals surface area contributed by atoms with Crippen molar-refractivity contribution in [2.24, 2.45) is 17.8 Å². The molecule has 1 N–H and O–H groups in total. The van der Waals surface area contributed by atoms with E-state index in [2.05, 4.69) is 4.98 Å². The molecule has 4 rings (SSSR count). The number of carboxylic acids is 1. The van der Waals surface area contributed by atoms with Crippen molar-refractivity contribution in [3.63, 3.8) is 0 Å². The van der Waals surface area contributed by atoms with E-state index in [4.69, 9.17) is 18.9 Å². The zero-order valence-electron chi connectivity index (χ0n) is 22.4. The number of benzene rings is 2. The summed E-state index contributed by atoms with van der Waals surface area (Å²) in [7, 11) is 0. The summed E-state index contributed by atoms with van der Waals surface area (Å²) in [6.45, 7) is 7.80. The summed E-state index contributed by atoms with van der Waals surface area (Å²) in [6.07, 6.45) is 3.66. The molecule has 0 aliphatic heterocycles. The number of aliphatic carboxylic acids is 1. The summed E-state index contributed by atoms with van der Waals surface area (Å²) in [5.74, 6) is -2.83. The van der Waals surface area contributed by atoms with Gasteiger partial charge in [-0.3, -0.25) is 9.59 Å². The summed E-state index contributed by atoms with van der Waals surface area (Å²) in [4.78, 5) is 29.6. The van der Waals surface area contributed by atoms with E-state index in [1.54, 1.807) is 25.4 Å². The first-order valence-electron chi connectivity index (χ1n) is 13.3. The van der Waals surface area contributed by atoms with Crippen LogP contribution in [0.3, 0.4) is 0 Å². The fourth-order valence-corrected chi connectivity index (χ4v) is 5.07. The second-order valence-corrected chi connectivity index (χ2v) is 9.55. The van der Waals surface area contributed by atoms with Crippen LogP contribution in [-0.2, 0) is 30.3 Å². The highest BCUT2D eigenvalue weighted by atomic mass is 16.5. The number of nitrogens with zero attached hydrogens (tertiary/aromatic N) is 2. The molecule has 0 spiro atoms. The van der Waals surface area contributed by atoms with Gasteiger partial charge in [0.25, 0.3) is 0 Å². The van der Waals surface area contributed by atoms with E-state index in [1.807, 2.05) is 60.2 Å². The monoisotopic (exact) mass is 536 g/mol. The van der Waals surface area contributed by atoms with Crippen molar-refractivity contribution in [2.45, 2.75) is 26.3 Å². The summed E-state index contributed by atoms with van der Waals surface area (Å²) in [5.41, 5.74) is 2.40. The Morgan fingerprint density at radius 2 is 1.64 bits per heavy atom. The number of esters is 1. The topological polar surface area (TPSA) is 109 Å². The van der Waals surface area contributed by atoms with Crippen LogP contribution in [0.25, 0.3) is 11.3 Å². The van der Waals surface area contributed by atoms with Crippen LogP contribution in [0.15, 0.2) is 67.1 Å². The summed E-state index contributed by atoms with van der Waals surface area (Å²) < 4.78 is 24.0. The number of imidazole rings is 1. The van der Waals surface area contributed by atoms with Gasteiger partial charge in [0.1, 0.15) is 5.75 Å². The number of ether oxygens (including phenoxy) is 4. The third-order valence-corrected chi connectivity index (χ3v) is 7.07. The van der Waals surface area contributed by atoms with E-state index in [0.29, 0.717) is 51.9 Å². The van der Waals surface area contributed by atoms with Crippen molar-refractivity contribution in [1.29, 1.82) is 0 Å². The number of carbonyl (C=O) groups is 2. The molecule has 4 atom stereocenters. The highest BCUT2D eigenvalue weighted by Crippen LogP contribution is 2.52. The molecule has 9 heteroatoms. The smallest absolute Gasteiger partial charge is 0.315 e. The Morgan fingerprint density at radius 3 is 2.36 bits per heavy atom. The van der Waals surface area contributed by atoms with Gasteiger partial charge in [-0.25, -0.2) is 4.98 Å². The Hall–Kier alpha value is -3.53. The molecule has 2 aromatic carbocycles. The first-order chi connectivity index (χ1) is 19.0. The molecular weight excluding hydrogens is 500 g/mol. The van der Waals surface area contributed by atoms with Crippen LogP contribution in [0.2, 0.25) is 0 Å². The maximum atomic E-state index is 13.2. The summed E-state index contributed by atoms with van der Waals surface area (Å²) in [6, 6.07) is 16.5. The Kier molecular flexibility index (Phi) is 10.2. The molecule has 1 aromatic heterocycles. The normalized spacial score (nSPS) is 20.4. The number of hydrogen-bond acceptors (Lipinski definition) is 7. The molecule has 0 bridgehead atoms. The average molecular weight is 537 g/mol. The lowest BCUT2D eigenvalue weighted by atomic mass is 9.55. The van der Waals surface area contributed by atoms with Gasteiger partial charge in [-0.2, -0.15) is 0 Å². The zero-order valence-corrected chi connectivity index (χ0v) is 22.4. The van der Waals surface area contributed by atoms with Crippen LogP contribution < -0.4 is 4.74 Å². The highest BCUT2D eigenvalue weighted by molar-refractivity contribution is 5.84. The Morgan fingerprint density at radius 1 is 0.923 bits per heavy atom. The van der Waals surface area contributed by atoms with E-state index in [-0.39, 0.29) is 5.92 Å². The molecule has 3 aromatic rings. The second kappa shape index (κ2) is 14.0. The molecule has 0 radical (unpaired) electrons. The van der Waals surface area contributed by atoms with E-state index in [0.717, 1.165) is 16.8 Å². The number of hydrogen-bond donors (Lipinski definition) is 1. The van der Waals surface area contributed by atoms with Gasteiger partial charge in [-0.1, -0.05) is 49.4 Å². The first-order valence-corrected chi connectivity index (χ1v) is 13.3. The SMILES string of the molecule is CCOCCOCCOCCn1cnc(-c2cccc(OC(=O)[C@@H]3[C@@H](C)[C@@H](C(=O)O)[C@@H]3c3ccccc3)c2)c1. The quantitative estimate of drug-likeness (QED) is 0.174. The van der Waals surface area contributed by atoms with Gasteiger partial charge >= 0.3 is 11.9 Å². The van der Waals surface area contributed by atoms with Crippen LogP contribution in [0.5, 0.6) is 5.75 Å². The Labute approximate surface area is 228 Å². The van der Waals surface area contributed by atoms with Gasteiger partial charge in [0.2, 0.25) is 0 Å². The van der Waals surface area contributed by atoms with Crippen LogP contribution in [0, 0.1) is 17.8 Å². The molecular formula is C30H36N2O7. The van der Waals surface area contributed by atoms with E-state index >= 15 is 0 Å². The lowest BCUT2D eigenvalue weighted by molar-refractivity contribution is -0.162. The molecule has 1 saturated carbocycles. The third-order valence-electron chi connectivity index (χ3n) is 7.07. The zero-order chi connectivity index (χ0) is 27.6. The second-order valence-electron chi connectivity index (χ2n) is 9.55. The van der Waals surface area contributed by atoms with Crippen LogP contribution in [-0.4, -0.2) is 66.2 Å². The predicted octanol–water partition coefficient (Wildman–Crippen LogP) is 4.28. The van der Waals surface area contributed by atoms with Crippen molar-refractivity contribution in [1.82, 2.24) is 9.55 Å². The van der Waals surface area contributed by atoms with Crippen molar-refractivity contribution in [3.8, 4) is 17.0 Å². The molecule has 39 heavy (non-hydrogen) atoms. The lowest BCUT2D eigenvalue weighted by Crippen LogP contribution is -2.52.